The topological polar surface area (TPSA) is 79.3 Å². The van der Waals surface area contributed by atoms with Crippen molar-refractivity contribution in [2.24, 2.45) is 0 Å². The molecule has 2 rings (SSSR count). The number of nitrogens with one attached hydrogen (secondary N) is 1. The number of carbonyl (C=O) groups excluding carboxylic acids is 1. The van der Waals surface area contributed by atoms with Crippen LogP contribution in [0.4, 0.5) is 5.69 Å². The van der Waals surface area contributed by atoms with Crippen LogP contribution in [0.25, 0.3) is 0 Å². The van der Waals surface area contributed by atoms with Gasteiger partial charge in [0.1, 0.15) is 5.69 Å². The van der Waals surface area contributed by atoms with Crippen LogP contribution in [-0.4, -0.2) is 22.0 Å². The van der Waals surface area contributed by atoms with Crippen LogP contribution in [0.15, 0.2) is 36.4 Å². The first-order valence-corrected chi connectivity index (χ1v) is 6.83. The molecule has 0 fully saturated rings. The molecule has 1 amide bonds. The lowest BCUT2D eigenvalue weighted by Crippen LogP contribution is -2.16. The lowest BCUT2D eigenvalue weighted by atomic mass is 10.2. The number of anilines is 1. The van der Waals surface area contributed by atoms with Gasteiger partial charge in [-0.25, -0.2) is 9.78 Å². The Morgan fingerprint density at radius 3 is 2.50 bits per heavy atom. The number of rotatable bonds is 3. The van der Waals surface area contributed by atoms with Crippen molar-refractivity contribution in [3.8, 4) is 0 Å². The van der Waals surface area contributed by atoms with Gasteiger partial charge >= 0.3 is 5.97 Å². The number of nitrogens with zero attached hydrogens (tertiary/aromatic N) is 1. The van der Waals surface area contributed by atoms with E-state index in [1.165, 1.54) is 12.1 Å². The summed E-state index contributed by atoms with van der Waals surface area (Å²) in [5, 5.41) is 11.7. The van der Waals surface area contributed by atoms with Crippen molar-refractivity contribution in [1.29, 1.82) is 0 Å². The van der Waals surface area contributed by atoms with Crippen molar-refractivity contribution in [1.82, 2.24) is 4.98 Å². The molecule has 1 aromatic carbocycles. The van der Waals surface area contributed by atoms with E-state index < -0.39 is 5.97 Å². The second kappa shape index (κ2) is 6.00. The highest BCUT2D eigenvalue weighted by atomic mass is 127. The summed E-state index contributed by atoms with van der Waals surface area (Å²) in [7, 11) is 0. The summed E-state index contributed by atoms with van der Waals surface area (Å²) in [6.07, 6.45) is 0. The molecule has 0 radical (unpaired) electrons. The van der Waals surface area contributed by atoms with Gasteiger partial charge in [0, 0.05) is 3.57 Å². The van der Waals surface area contributed by atoms with Crippen LogP contribution in [0, 0.1) is 10.5 Å². The number of benzene rings is 1. The van der Waals surface area contributed by atoms with E-state index in [9.17, 15) is 9.59 Å². The molecule has 102 valence electrons. The lowest BCUT2D eigenvalue weighted by molar-refractivity contribution is 0.0695. The third kappa shape index (κ3) is 3.13. The van der Waals surface area contributed by atoms with E-state index in [0.717, 1.165) is 3.57 Å². The van der Waals surface area contributed by atoms with Crippen molar-refractivity contribution in [2.75, 3.05) is 5.32 Å². The fourth-order valence-corrected chi connectivity index (χ4v) is 2.18. The Morgan fingerprint density at radius 2 is 1.90 bits per heavy atom. The molecular formula is C14H11IN2O3. The van der Waals surface area contributed by atoms with Gasteiger partial charge in [0.2, 0.25) is 0 Å². The summed E-state index contributed by atoms with van der Waals surface area (Å²) in [5.74, 6) is -1.42. The number of aryl methyl sites for hydroxylation is 1. The summed E-state index contributed by atoms with van der Waals surface area (Å²) in [4.78, 5) is 27.0. The minimum Gasteiger partial charge on any atom is -0.478 e. The third-order valence-corrected chi connectivity index (χ3v) is 3.61. The van der Waals surface area contributed by atoms with Gasteiger partial charge in [0.05, 0.1) is 16.9 Å². The Labute approximate surface area is 129 Å². The molecule has 0 spiro atoms. The molecule has 0 saturated carbocycles. The Hall–Kier alpha value is -1.96. The van der Waals surface area contributed by atoms with E-state index in [0.29, 0.717) is 11.4 Å². The van der Waals surface area contributed by atoms with Crippen LogP contribution < -0.4 is 5.32 Å². The highest BCUT2D eigenvalue weighted by Crippen LogP contribution is 2.18. The molecule has 0 aliphatic heterocycles. The Kier molecular flexibility index (Phi) is 4.33. The van der Waals surface area contributed by atoms with Gasteiger partial charge in [0.15, 0.2) is 0 Å². The fourth-order valence-electron chi connectivity index (χ4n) is 1.66. The van der Waals surface area contributed by atoms with Crippen LogP contribution in [0.5, 0.6) is 0 Å². The van der Waals surface area contributed by atoms with E-state index in [4.69, 9.17) is 5.11 Å². The van der Waals surface area contributed by atoms with Gasteiger partial charge < -0.3 is 10.4 Å². The summed E-state index contributed by atoms with van der Waals surface area (Å²) < 4.78 is 0.914. The maximum Gasteiger partial charge on any atom is 0.337 e. The van der Waals surface area contributed by atoms with Crippen molar-refractivity contribution >= 4 is 40.2 Å². The molecule has 1 heterocycles. The first-order chi connectivity index (χ1) is 9.49. The van der Waals surface area contributed by atoms with Crippen LogP contribution in [0.3, 0.4) is 0 Å². The number of hydrogen-bond donors (Lipinski definition) is 2. The van der Waals surface area contributed by atoms with Gasteiger partial charge in [-0.3, -0.25) is 4.79 Å². The molecule has 0 aliphatic rings. The molecule has 1 aromatic heterocycles. The van der Waals surface area contributed by atoms with E-state index in [1.54, 1.807) is 13.0 Å². The van der Waals surface area contributed by atoms with Crippen molar-refractivity contribution in [2.45, 2.75) is 6.92 Å². The van der Waals surface area contributed by atoms with E-state index in [2.05, 4.69) is 32.9 Å². The predicted molar refractivity (Wildman–Crippen MR) is 83.0 cm³/mol. The summed E-state index contributed by atoms with van der Waals surface area (Å²) >= 11 is 2.12. The minimum atomic E-state index is -1.06. The van der Waals surface area contributed by atoms with Crippen molar-refractivity contribution < 1.29 is 14.7 Å². The Morgan fingerprint density at radius 1 is 1.20 bits per heavy atom. The molecule has 2 aromatic rings. The normalized spacial score (nSPS) is 10.1. The fraction of sp³-hybridized carbons (Fsp3) is 0.0714. The first-order valence-electron chi connectivity index (χ1n) is 5.76. The van der Waals surface area contributed by atoms with E-state index in [-0.39, 0.29) is 17.2 Å². The highest BCUT2D eigenvalue weighted by Gasteiger charge is 2.13. The molecule has 5 nitrogen and oxygen atoms in total. The van der Waals surface area contributed by atoms with Crippen LogP contribution in [-0.2, 0) is 0 Å². The Bertz CT molecular complexity index is 686. The Balaban J connectivity index is 2.24. The quantitative estimate of drug-likeness (QED) is 0.801. The van der Waals surface area contributed by atoms with E-state index >= 15 is 0 Å². The van der Waals surface area contributed by atoms with Gasteiger partial charge in [-0.2, -0.15) is 0 Å². The molecule has 20 heavy (non-hydrogen) atoms. The minimum absolute atomic E-state index is 0.0934. The zero-order valence-electron chi connectivity index (χ0n) is 10.6. The monoisotopic (exact) mass is 382 g/mol. The highest BCUT2D eigenvalue weighted by molar-refractivity contribution is 14.1. The lowest BCUT2D eigenvalue weighted by Gasteiger charge is -2.08. The largest absolute Gasteiger partial charge is 0.478 e. The number of amides is 1. The van der Waals surface area contributed by atoms with Gasteiger partial charge in [0.25, 0.3) is 5.91 Å². The number of carboxylic acid groups (broad SMARTS) is 1. The van der Waals surface area contributed by atoms with Gasteiger partial charge in [-0.1, -0.05) is 12.1 Å². The maximum atomic E-state index is 12.1. The molecule has 0 bridgehead atoms. The molecule has 6 heteroatoms. The summed E-state index contributed by atoms with van der Waals surface area (Å²) in [6, 6.07) is 10.2. The number of carboxylic acids is 1. The molecule has 0 atom stereocenters. The average Bonchev–Trinajstić information content (AvgIpc) is 2.40. The van der Waals surface area contributed by atoms with Crippen molar-refractivity contribution in [3.05, 3.63) is 56.9 Å². The maximum absolute atomic E-state index is 12.1. The second-order valence-corrected chi connectivity index (χ2v) is 5.23. The van der Waals surface area contributed by atoms with Gasteiger partial charge in [-0.15, -0.1) is 0 Å². The number of aromatic carboxylic acids is 1. The van der Waals surface area contributed by atoms with Gasteiger partial charge in [-0.05, 0) is 53.8 Å². The average molecular weight is 382 g/mol. The molecule has 0 aliphatic carbocycles. The SMILES string of the molecule is Cc1nc(C(=O)Nc2ccccc2I)ccc1C(=O)O. The zero-order valence-corrected chi connectivity index (χ0v) is 12.7. The molecule has 0 saturated heterocycles. The van der Waals surface area contributed by atoms with Crippen LogP contribution in [0.1, 0.15) is 26.5 Å². The number of pyridine rings is 1. The predicted octanol–water partition coefficient (Wildman–Crippen LogP) is 2.95. The first kappa shape index (κ1) is 14.4. The summed E-state index contributed by atoms with van der Waals surface area (Å²) in [6.45, 7) is 1.56. The number of aromatic nitrogens is 1. The number of halogens is 1. The molecular weight excluding hydrogens is 371 g/mol. The van der Waals surface area contributed by atoms with Crippen molar-refractivity contribution in [3.63, 3.8) is 0 Å². The second-order valence-electron chi connectivity index (χ2n) is 4.07. The molecule has 2 N–H and O–H groups in total. The number of hydrogen-bond acceptors (Lipinski definition) is 3. The number of para-hydroxylation sites is 1. The number of carbonyl (C=O) groups is 2. The van der Waals surface area contributed by atoms with E-state index in [1.807, 2.05) is 18.2 Å². The zero-order chi connectivity index (χ0) is 14.7. The molecule has 0 unspecified atom stereocenters. The third-order valence-electron chi connectivity index (χ3n) is 2.67. The van der Waals surface area contributed by atoms with Crippen LogP contribution >= 0.6 is 22.6 Å². The smallest absolute Gasteiger partial charge is 0.337 e. The summed E-state index contributed by atoms with van der Waals surface area (Å²) in [5.41, 5.74) is 1.29. The van der Waals surface area contributed by atoms with Crippen LogP contribution in [0.2, 0.25) is 0 Å². The standard InChI is InChI=1S/C14H11IN2O3/c1-8-9(14(19)20)6-7-12(16-8)13(18)17-11-5-3-2-4-10(11)15/h2-7H,1H3,(H,17,18)(H,19,20).